The molecule has 0 atom stereocenters. The molecule has 2 rings (SSSR count). The Bertz CT molecular complexity index is 537. The summed E-state index contributed by atoms with van der Waals surface area (Å²) in [7, 11) is 1.55. The van der Waals surface area contributed by atoms with Crippen molar-refractivity contribution in [1.29, 1.82) is 0 Å². The molecule has 1 aromatic carbocycles. The number of aromatic nitrogens is 4. The number of nitrogens with zero attached hydrogens (tertiary/aromatic N) is 3. The normalized spacial score (nSPS) is 10.3. The quantitative estimate of drug-likeness (QED) is 0.801. The Hall–Kier alpha value is -2.24. The molecule has 0 aliphatic heterocycles. The second-order valence-corrected chi connectivity index (χ2v) is 3.84. The standard InChI is InChI=1S/C12H14N4O2/c1-3-8-4-5-11(18-2)9(6-8)10(17)7-12-13-15-16-14-12/h4-6H,3,7H2,1-2H3,(H,13,14,15,16). The molecule has 1 N–H and O–H groups in total. The molecule has 0 saturated carbocycles. The molecule has 1 aromatic heterocycles. The van der Waals surface area contributed by atoms with Gasteiger partial charge in [-0.25, -0.2) is 5.10 Å². The Labute approximate surface area is 104 Å². The van der Waals surface area contributed by atoms with E-state index in [1.165, 1.54) is 0 Å². The summed E-state index contributed by atoms with van der Waals surface area (Å²) in [6, 6.07) is 5.61. The molecule has 0 radical (unpaired) electrons. The average Bonchev–Trinajstić information content (AvgIpc) is 2.90. The van der Waals surface area contributed by atoms with Crippen LogP contribution in [0, 0.1) is 0 Å². The Morgan fingerprint density at radius 3 is 2.89 bits per heavy atom. The van der Waals surface area contributed by atoms with Crippen LogP contribution in [0.5, 0.6) is 5.75 Å². The van der Waals surface area contributed by atoms with E-state index in [4.69, 9.17) is 4.74 Å². The summed E-state index contributed by atoms with van der Waals surface area (Å²) < 4.78 is 5.20. The van der Waals surface area contributed by atoms with Crippen LogP contribution in [0.4, 0.5) is 0 Å². The van der Waals surface area contributed by atoms with Crippen LogP contribution in [-0.2, 0) is 12.8 Å². The zero-order chi connectivity index (χ0) is 13.0. The number of tetrazole rings is 1. The molecule has 0 spiro atoms. The molecule has 1 heterocycles. The fourth-order valence-electron chi connectivity index (χ4n) is 1.69. The maximum absolute atomic E-state index is 12.2. The molecular weight excluding hydrogens is 232 g/mol. The third kappa shape index (κ3) is 2.53. The lowest BCUT2D eigenvalue weighted by Gasteiger charge is -2.08. The van der Waals surface area contributed by atoms with Gasteiger partial charge in [-0.05, 0) is 34.5 Å². The highest BCUT2D eigenvalue weighted by atomic mass is 16.5. The Kier molecular flexibility index (Phi) is 3.66. The SMILES string of the molecule is CCc1ccc(OC)c(C(=O)Cc2nnn[nH]2)c1. The first-order valence-electron chi connectivity index (χ1n) is 5.67. The van der Waals surface area contributed by atoms with Gasteiger partial charge in [0.25, 0.3) is 0 Å². The van der Waals surface area contributed by atoms with E-state index in [0.29, 0.717) is 17.1 Å². The topological polar surface area (TPSA) is 80.8 Å². The summed E-state index contributed by atoms with van der Waals surface area (Å²) in [6.45, 7) is 2.04. The number of H-pyrrole nitrogens is 1. The number of carbonyl (C=O) groups excluding carboxylic acids is 1. The van der Waals surface area contributed by atoms with Crippen LogP contribution in [-0.4, -0.2) is 33.5 Å². The number of hydrogen-bond donors (Lipinski definition) is 1. The Balaban J connectivity index is 2.27. The van der Waals surface area contributed by atoms with E-state index in [0.717, 1.165) is 12.0 Å². The van der Waals surface area contributed by atoms with Crippen LogP contribution in [0.1, 0.15) is 28.7 Å². The highest BCUT2D eigenvalue weighted by molar-refractivity contribution is 5.99. The lowest BCUT2D eigenvalue weighted by Crippen LogP contribution is -2.07. The van der Waals surface area contributed by atoms with E-state index in [1.54, 1.807) is 7.11 Å². The van der Waals surface area contributed by atoms with Crippen molar-refractivity contribution in [3.8, 4) is 5.75 Å². The zero-order valence-electron chi connectivity index (χ0n) is 10.3. The number of ether oxygens (including phenoxy) is 1. The fourth-order valence-corrected chi connectivity index (χ4v) is 1.69. The van der Waals surface area contributed by atoms with Crippen LogP contribution in [0.25, 0.3) is 0 Å². The maximum Gasteiger partial charge on any atom is 0.174 e. The largest absolute Gasteiger partial charge is 0.496 e. The van der Waals surface area contributed by atoms with Gasteiger partial charge in [-0.15, -0.1) is 5.10 Å². The predicted octanol–water partition coefficient (Wildman–Crippen LogP) is 1.20. The third-order valence-corrected chi connectivity index (χ3v) is 2.69. The molecule has 0 fully saturated rings. The van der Waals surface area contributed by atoms with Crippen molar-refractivity contribution in [2.45, 2.75) is 19.8 Å². The van der Waals surface area contributed by atoms with E-state index in [1.807, 2.05) is 25.1 Å². The molecule has 0 saturated heterocycles. The lowest BCUT2D eigenvalue weighted by molar-refractivity contribution is 0.0987. The Morgan fingerprint density at radius 1 is 1.44 bits per heavy atom. The van der Waals surface area contributed by atoms with Crippen LogP contribution >= 0.6 is 0 Å². The van der Waals surface area contributed by atoms with Crippen molar-refractivity contribution in [3.05, 3.63) is 35.2 Å². The molecule has 0 amide bonds. The lowest BCUT2D eigenvalue weighted by atomic mass is 10.0. The number of aryl methyl sites for hydroxylation is 1. The van der Waals surface area contributed by atoms with Gasteiger partial charge in [-0.3, -0.25) is 4.79 Å². The second-order valence-electron chi connectivity index (χ2n) is 3.84. The van der Waals surface area contributed by atoms with Crippen molar-refractivity contribution in [1.82, 2.24) is 20.6 Å². The highest BCUT2D eigenvalue weighted by Gasteiger charge is 2.15. The van der Waals surface area contributed by atoms with Crippen molar-refractivity contribution in [2.24, 2.45) is 0 Å². The maximum atomic E-state index is 12.2. The van der Waals surface area contributed by atoms with Gasteiger partial charge < -0.3 is 4.74 Å². The smallest absolute Gasteiger partial charge is 0.174 e. The number of rotatable bonds is 5. The number of methoxy groups -OCH3 is 1. The molecule has 94 valence electrons. The second kappa shape index (κ2) is 5.39. The van der Waals surface area contributed by atoms with Gasteiger partial charge >= 0.3 is 0 Å². The predicted molar refractivity (Wildman–Crippen MR) is 64.6 cm³/mol. The molecule has 18 heavy (non-hydrogen) atoms. The summed E-state index contributed by atoms with van der Waals surface area (Å²) in [5.74, 6) is 0.953. The van der Waals surface area contributed by atoms with Gasteiger partial charge in [0.1, 0.15) is 5.75 Å². The molecule has 0 aliphatic carbocycles. The number of carbonyl (C=O) groups is 1. The first kappa shape index (κ1) is 12.2. The van der Waals surface area contributed by atoms with Gasteiger partial charge in [0, 0.05) is 0 Å². The van der Waals surface area contributed by atoms with Crippen molar-refractivity contribution in [3.63, 3.8) is 0 Å². The number of Topliss-reactive ketones (excluding diaryl/α,β-unsaturated/α-hetero) is 1. The van der Waals surface area contributed by atoms with Gasteiger partial charge in [0.15, 0.2) is 11.6 Å². The minimum Gasteiger partial charge on any atom is -0.496 e. The summed E-state index contributed by atoms with van der Waals surface area (Å²) >= 11 is 0. The first-order valence-corrected chi connectivity index (χ1v) is 5.67. The van der Waals surface area contributed by atoms with E-state index < -0.39 is 0 Å². The van der Waals surface area contributed by atoms with E-state index >= 15 is 0 Å². The van der Waals surface area contributed by atoms with Crippen LogP contribution in [0.3, 0.4) is 0 Å². The molecule has 2 aromatic rings. The highest BCUT2D eigenvalue weighted by Crippen LogP contribution is 2.21. The van der Waals surface area contributed by atoms with Gasteiger partial charge in [0.05, 0.1) is 19.1 Å². The molecule has 6 nitrogen and oxygen atoms in total. The number of benzene rings is 1. The minimum absolute atomic E-state index is 0.0688. The van der Waals surface area contributed by atoms with Crippen LogP contribution in [0.2, 0.25) is 0 Å². The monoisotopic (exact) mass is 246 g/mol. The van der Waals surface area contributed by atoms with Crippen LogP contribution in [0.15, 0.2) is 18.2 Å². The summed E-state index contributed by atoms with van der Waals surface area (Å²) in [6.07, 6.45) is 1.00. The molecule has 0 bridgehead atoms. The molecule has 6 heteroatoms. The van der Waals surface area contributed by atoms with E-state index in [2.05, 4.69) is 20.6 Å². The number of nitrogens with one attached hydrogen (secondary N) is 1. The number of ketones is 1. The van der Waals surface area contributed by atoms with Crippen molar-refractivity contribution >= 4 is 5.78 Å². The number of aromatic amines is 1. The number of hydrogen-bond acceptors (Lipinski definition) is 5. The van der Waals surface area contributed by atoms with Crippen molar-refractivity contribution in [2.75, 3.05) is 7.11 Å². The first-order chi connectivity index (χ1) is 8.74. The average molecular weight is 246 g/mol. The summed E-state index contributed by atoms with van der Waals surface area (Å²) in [4.78, 5) is 12.2. The Morgan fingerprint density at radius 2 is 2.28 bits per heavy atom. The molecular formula is C12H14N4O2. The van der Waals surface area contributed by atoms with E-state index in [-0.39, 0.29) is 12.2 Å². The van der Waals surface area contributed by atoms with Gasteiger partial charge in [-0.2, -0.15) is 0 Å². The van der Waals surface area contributed by atoms with Gasteiger partial charge in [0.2, 0.25) is 0 Å². The zero-order valence-corrected chi connectivity index (χ0v) is 10.3. The third-order valence-electron chi connectivity index (χ3n) is 2.69. The fraction of sp³-hybridized carbons (Fsp3) is 0.333. The van der Waals surface area contributed by atoms with Crippen LogP contribution < -0.4 is 4.74 Å². The van der Waals surface area contributed by atoms with E-state index in [9.17, 15) is 4.79 Å². The molecule has 0 aliphatic rings. The summed E-state index contributed by atoms with van der Waals surface area (Å²) in [5.41, 5.74) is 1.66. The molecule has 0 unspecified atom stereocenters. The van der Waals surface area contributed by atoms with Crippen molar-refractivity contribution < 1.29 is 9.53 Å². The summed E-state index contributed by atoms with van der Waals surface area (Å²) in [5, 5.41) is 13.2. The van der Waals surface area contributed by atoms with Gasteiger partial charge in [-0.1, -0.05) is 13.0 Å². The minimum atomic E-state index is -0.0688.